The normalized spacial score (nSPS) is 25.1. The van der Waals surface area contributed by atoms with Gasteiger partial charge in [0.1, 0.15) is 5.82 Å². The second kappa shape index (κ2) is 12.1. The largest absolute Gasteiger partial charge is 0.573 e. The van der Waals surface area contributed by atoms with E-state index in [1.807, 2.05) is 6.07 Å². The van der Waals surface area contributed by atoms with Crippen LogP contribution in [0.2, 0.25) is 18.1 Å². The van der Waals surface area contributed by atoms with Gasteiger partial charge in [-0.25, -0.2) is 8.78 Å². The Hall–Kier alpha value is -1.89. The van der Waals surface area contributed by atoms with Crippen LogP contribution in [0.25, 0.3) is 11.1 Å². The van der Waals surface area contributed by atoms with E-state index < -0.39 is 32.5 Å². The molecule has 4 rings (SSSR count). The van der Waals surface area contributed by atoms with Crippen molar-refractivity contribution in [1.82, 2.24) is 0 Å². The average molecular weight is 525 g/mol. The van der Waals surface area contributed by atoms with Gasteiger partial charge in [-0.05, 0) is 72.8 Å². The molecule has 2 aliphatic rings. The van der Waals surface area contributed by atoms with Gasteiger partial charge in [0.15, 0.2) is 11.6 Å². The summed E-state index contributed by atoms with van der Waals surface area (Å²) >= 11 is 0. The van der Waals surface area contributed by atoms with Crippen LogP contribution in [-0.2, 0) is 0 Å². The number of ether oxygens (including phenoxy) is 1. The maximum absolute atomic E-state index is 14.9. The van der Waals surface area contributed by atoms with E-state index in [1.165, 1.54) is 63.1 Å². The van der Waals surface area contributed by atoms with Crippen molar-refractivity contribution in [2.24, 2.45) is 11.8 Å². The molecule has 0 spiro atoms. The molecular weight excluding hydrogens is 487 g/mol. The smallest absolute Gasteiger partial charge is 0.403 e. The van der Waals surface area contributed by atoms with Crippen molar-refractivity contribution in [3.8, 4) is 16.9 Å². The first-order valence-corrected chi connectivity index (χ1v) is 16.0. The van der Waals surface area contributed by atoms with E-state index in [0.29, 0.717) is 5.92 Å². The third-order valence-electron chi connectivity index (χ3n) is 8.43. The lowest BCUT2D eigenvalue weighted by molar-refractivity contribution is -0.275. The molecule has 2 fully saturated rings. The Kier molecular flexibility index (Phi) is 9.13. The Morgan fingerprint density at radius 1 is 0.833 bits per heavy atom. The van der Waals surface area contributed by atoms with Gasteiger partial charge in [-0.3, -0.25) is 0 Å². The van der Waals surface area contributed by atoms with Gasteiger partial charge in [0.25, 0.3) is 0 Å². The SMILES string of the molecule is CCC[SiH]1CCC(CCC2CCC(c3ccc(-c4ccc(OC(F)(F)F)c(F)c4)c(F)c3)CC2)CC1. The highest BCUT2D eigenvalue weighted by Crippen LogP contribution is 2.40. The summed E-state index contributed by atoms with van der Waals surface area (Å²) < 4.78 is 69.8. The molecule has 2 aromatic carbocycles. The summed E-state index contributed by atoms with van der Waals surface area (Å²) in [6, 6.07) is 12.6. The quantitative estimate of drug-likeness (QED) is 0.247. The third-order valence-corrected chi connectivity index (χ3v) is 12.1. The molecule has 1 aliphatic carbocycles. The summed E-state index contributed by atoms with van der Waals surface area (Å²) in [6.07, 6.45) is 6.46. The van der Waals surface area contributed by atoms with Gasteiger partial charge in [-0.15, -0.1) is 13.2 Å². The Morgan fingerprint density at radius 2 is 1.50 bits per heavy atom. The summed E-state index contributed by atoms with van der Waals surface area (Å²) in [6.45, 7) is 2.32. The van der Waals surface area contributed by atoms with E-state index in [0.717, 1.165) is 42.4 Å². The molecule has 0 N–H and O–H groups in total. The van der Waals surface area contributed by atoms with E-state index in [1.54, 1.807) is 18.2 Å². The van der Waals surface area contributed by atoms with Gasteiger partial charge in [0.05, 0.1) is 0 Å². The fourth-order valence-electron chi connectivity index (χ4n) is 6.37. The summed E-state index contributed by atoms with van der Waals surface area (Å²) in [7, 11) is -0.404. The minimum Gasteiger partial charge on any atom is -0.403 e. The standard InChI is InChI=1S/C29H37F5OSi/c1-2-15-36-16-13-21(14-17-36)4-3-20-5-7-22(8-6-20)23-9-11-25(26(30)18-23)24-10-12-28(27(31)19-24)35-29(32,33)34/h9-12,18-22,36H,2-8,13-17H2,1H3. The van der Waals surface area contributed by atoms with Crippen LogP contribution in [0.5, 0.6) is 5.75 Å². The number of benzene rings is 2. The molecule has 0 unspecified atom stereocenters. The monoisotopic (exact) mass is 524 g/mol. The highest BCUT2D eigenvalue weighted by Gasteiger charge is 2.32. The number of hydrogen-bond donors (Lipinski definition) is 0. The molecule has 1 saturated carbocycles. The Bertz CT molecular complexity index is 992. The summed E-state index contributed by atoms with van der Waals surface area (Å²) in [5, 5.41) is 0. The lowest BCUT2D eigenvalue weighted by Gasteiger charge is -2.32. The third kappa shape index (κ3) is 7.33. The van der Waals surface area contributed by atoms with Crippen molar-refractivity contribution in [3.63, 3.8) is 0 Å². The maximum Gasteiger partial charge on any atom is 0.573 e. The lowest BCUT2D eigenvalue weighted by atomic mass is 9.76. The number of alkyl halides is 3. The predicted octanol–water partition coefficient (Wildman–Crippen LogP) is 9.63. The summed E-state index contributed by atoms with van der Waals surface area (Å²) in [4.78, 5) is 0. The highest BCUT2D eigenvalue weighted by molar-refractivity contribution is 6.58. The van der Waals surface area contributed by atoms with Crippen LogP contribution in [0.4, 0.5) is 22.0 Å². The van der Waals surface area contributed by atoms with E-state index in [2.05, 4.69) is 11.7 Å². The molecule has 0 radical (unpaired) electrons. The fourth-order valence-corrected chi connectivity index (χ4v) is 9.94. The molecule has 7 heteroatoms. The van der Waals surface area contributed by atoms with E-state index in [4.69, 9.17) is 0 Å². The van der Waals surface area contributed by atoms with Crippen LogP contribution < -0.4 is 4.74 Å². The minimum atomic E-state index is -4.98. The van der Waals surface area contributed by atoms with Crippen LogP contribution in [0.1, 0.15) is 76.2 Å². The van der Waals surface area contributed by atoms with Crippen molar-refractivity contribution in [1.29, 1.82) is 0 Å². The lowest BCUT2D eigenvalue weighted by Crippen LogP contribution is -2.22. The number of rotatable bonds is 8. The van der Waals surface area contributed by atoms with Crippen LogP contribution in [0.15, 0.2) is 36.4 Å². The molecule has 0 aromatic heterocycles. The first-order valence-electron chi connectivity index (χ1n) is 13.6. The van der Waals surface area contributed by atoms with Crippen molar-refractivity contribution in [3.05, 3.63) is 53.6 Å². The molecule has 198 valence electrons. The van der Waals surface area contributed by atoms with Gasteiger partial charge < -0.3 is 4.74 Å². The number of halogens is 5. The van der Waals surface area contributed by atoms with Crippen LogP contribution in [-0.4, -0.2) is 15.2 Å². The fraction of sp³-hybridized carbons (Fsp3) is 0.586. The van der Waals surface area contributed by atoms with Gasteiger partial charge in [-0.2, -0.15) is 0 Å². The number of hydrogen-bond acceptors (Lipinski definition) is 1. The summed E-state index contributed by atoms with van der Waals surface area (Å²) in [5.41, 5.74) is 1.30. The molecule has 36 heavy (non-hydrogen) atoms. The van der Waals surface area contributed by atoms with Crippen molar-refractivity contribution in [2.75, 3.05) is 0 Å². The first-order chi connectivity index (χ1) is 17.2. The Labute approximate surface area is 213 Å². The zero-order valence-corrected chi connectivity index (χ0v) is 22.2. The molecule has 0 atom stereocenters. The molecule has 1 aliphatic heterocycles. The Morgan fingerprint density at radius 3 is 2.08 bits per heavy atom. The van der Waals surface area contributed by atoms with Crippen molar-refractivity contribution in [2.45, 2.75) is 95.1 Å². The molecule has 1 saturated heterocycles. The zero-order valence-electron chi connectivity index (χ0n) is 21.1. The van der Waals surface area contributed by atoms with E-state index in [9.17, 15) is 22.0 Å². The molecule has 1 nitrogen and oxygen atoms in total. The van der Waals surface area contributed by atoms with Crippen LogP contribution in [0.3, 0.4) is 0 Å². The Balaban J connectivity index is 1.28. The predicted molar refractivity (Wildman–Crippen MR) is 137 cm³/mol. The van der Waals surface area contributed by atoms with Crippen LogP contribution in [0, 0.1) is 23.5 Å². The van der Waals surface area contributed by atoms with E-state index >= 15 is 0 Å². The maximum atomic E-state index is 14.9. The van der Waals surface area contributed by atoms with Gasteiger partial charge in [0, 0.05) is 14.4 Å². The zero-order chi connectivity index (χ0) is 25.7. The van der Waals surface area contributed by atoms with Gasteiger partial charge in [0.2, 0.25) is 0 Å². The molecular formula is C29H37F5OSi. The van der Waals surface area contributed by atoms with Crippen molar-refractivity contribution < 1.29 is 26.7 Å². The second-order valence-corrected chi connectivity index (χ2v) is 14.4. The van der Waals surface area contributed by atoms with Crippen molar-refractivity contribution >= 4 is 8.80 Å². The first kappa shape index (κ1) is 27.1. The molecule has 0 amide bonds. The average Bonchev–Trinajstić information content (AvgIpc) is 2.85. The summed E-state index contributed by atoms with van der Waals surface area (Å²) in [5.74, 6) is -0.561. The van der Waals surface area contributed by atoms with Gasteiger partial charge >= 0.3 is 6.36 Å². The van der Waals surface area contributed by atoms with Crippen LogP contribution >= 0.6 is 0 Å². The highest BCUT2D eigenvalue weighted by atomic mass is 28.3. The molecule has 0 bridgehead atoms. The minimum absolute atomic E-state index is 0.168. The topological polar surface area (TPSA) is 9.23 Å². The molecule has 1 heterocycles. The second-order valence-electron chi connectivity index (χ2n) is 10.9. The van der Waals surface area contributed by atoms with E-state index in [-0.39, 0.29) is 11.1 Å². The molecule has 2 aromatic rings. The van der Waals surface area contributed by atoms with Gasteiger partial charge in [-0.1, -0.05) is 75.4 Å².